The van der Waals surface area contributed by atoms with Gasteiger partial charge in [-0.15, -0.1) is 0 Å². The summed E-state index contributed by atoms with van der Waals surface area (Å²) >= 11 is 0. The molecule has 6 heteroatoms. The molecule has 2 bridgehead atoms. The first-order valence-corrected chi connectivity index (χ1v) is 9.92. The monoisotopic (exact) mass is 352 g/mol. The third-order valence-electron chi connectivity index (χ3n) is 4.44. The highest BCUT2D eigenvalue weighted by atomic mass is 31.2. The van der Waals surface area contributed by atoms with E-state index in [1.165, 1.54) is 0 Å². The lowest BCUT2D eigenvalue weighted by atomic mass is 10.1. The smallest absolute Gasteiger partial charge is 0.257 e. The SMILES string of the molecule is CCCNC(=O)c1ccc(C2=C3c4ccc(cc4)C(=O)NP23=O)cc1. The molecule has 0 saturated carbocycles. The van der Waals surface area contributed by atoms with Crippen molar-refractivity contribution in [1.29, 1.82) is 0 Å². The molecule has 0 saturated heterocycles. The third kappa shape index (κ3) is 2.52. The Balaban J connectivity index is 1.67. The summed E-state index contributed by atoms with van der Waals surface area (Å²) < 4.78 is 13.2. The number of carbonyl (C=O) groups is 2. The summed E-state index contributed by atoms with van der Waals surface area (Å²) in [5.41, 5.74) is 2.71. The van der Waals surface area contributed by atoms with Crippen LogP contribution in [-0.4, -0.2) is 18.4 Å². The van der Waals surface area contributed by atoms with Crippen LogP contribution in [0.2, 0.25) is 0 Å². The fraction of sp³-hybridized carbons (Fsp3) is 0.158. The van der Waals surface area contributed by atoms with Crippen LogP contribution in [0.4, 0.5) is 0 Å². The minimum Gasteiger partial charge on any atom is -0.352 e. The fourth-order valence-corrected chi connectivity index (χ4v) is 5.74. The molecule has 1 atom stereocenters. The lowest BCUT2D eigenvalue weighted by molar-refractivity contribution is 0.0951. The number of nitrogens with one attached hydrogen (secondary N) is 2. The van der Waals surface area contributed by atoms with Crippen molar-refractivity contribution < 1.29 is 14.2 Å². The molecule has 25 heavy (non-hydrogen) atoms. The largest absolute Gasteiger partial charge is 0.352 e. The summed E-state index contributed by atoms with van der Waals surface area (Å²) in [6, 6.07) is 14.1. The molecule has 3 aliphatic heterocycles. The van der Waals surface area contributed by atoms with E-state index in [2.05, 4.69) is 10.4 Å². The molecule has 2 amide bonds. The van der Waals surface area contributed by atoms with Gasteiger partial charge in [-0.1, -0.05) is 31.2 Å². The fourth-order valence-electron chi connectivity index (χ4n) is 3.09. The third-order valence-corrected chi connectivity index (χ3v) is 6.96. The summed E-state index contributed by atoms with van der Waals surface area (Å²) in [5, 5.41) is 6.89. The summed E-state index contributed by atoms with van der Waals surface area (Å²) in [7, 11) is -3.01. The normalized spacial score (nSPS) is 20.4. The number of rotatable bonds is 4. The van der Waals surface area contributed by atoms with E-state index in [1.807, 2.05) is 19.1 Å². The van der Waals surface area contributed by atoms with Gasteiger partial charge in [-0.25, -0.2) is 0 Å². The Morgan fingerprint density at radius 3 is 2.04 bits per heavy atom. The van der Waals surface area contributed by atoms with Crippen molar-refractivity contribution in [3.8, 4) is 0 Å². The number of hydrogen-bond donors (Lipinski definition) is 2. The van der Waals surface area contributed by atoms with E-state index >= 15 is 0 Å². The second-order valence-electron chi connectivity index (χ2n) is 6.16. The Morgan fingerprint density at radius 2 is 1.48 bits per heavy atom. The van der Waals surface area contributed by atoms with E-state index in [-0.39, 0.29) is 11.8 Å². The van der Waals surface area contributed by atoms with Crippen molar-refractivity contribution in [1.82, 2.24) is 10.4 Å². The highest BCUT2D eigenvalue weighted by molar-refractivity contribution is 7.93. The van der Waals surface area contributed by atoms with Crippen LogP contribution in [0.25, 0.3) is 10.6 Å². The molecule has 2 aromatic carbocycles. The minimum absolute atomic E-state index is 0.122. The maximum absolute atomic E-state index is 13.2. The first-order chi connectivity index (χ1) is 12.0. The average Bonchev–Trinajstić information content (AvgIpc) is 3.22. The maximum Gasteiger partial charge on any atom is 0.257 e. The highest BCUT2D eigenvalue weighted by Crippen LogP contribution is 2.82. The van der Waals surface area contributed by atoms with Gasteiger partial charge in [0.15, 0.2) is 0 Å². The Kier molecular flexibility index (Phi) is 3.62. The summed E-state index contributed by atoms with van der Waals surface area (Å²) in [5.74, 6) is -0.444. The summed E-state index contributed by atoms with van der Waals surface area (Å²) in [6.45, 7) is 2.63. The number of fused-ring (bicyclic) bond motifs is 3. The zero-order valence-corrected chi connectivity index (χ0v) is 14.6. The standard InChI is InChI=1S/C19H17N2O3P/c1-2-11-20-18(22)14-7-3-12(4-8-14)16-17-13-5-9-15(10-6-13)19(23)21-25(16,17)24/h3-10H,2,11H2,1H3,(H,20,22)(H,21,23,24). The van der Waals surface area contributed by atoms with E-state index in [0.717, 1.165) is 17.5 Å². The maximum atomic E-state index is 13.2. The number of benzene rings is 2. The molecular formula is C19H17N2O3P. The van der Waals surface area contributed by atoms with E-state index in [4.69, 9.17) is 0 Å². The van der Waals surface area contributed by atoms with Gasteiger partial charge in [0.05, 0.1) is 10.6 Å². The van der Waals surface area contributed by atoms with Crippen LogP contribution in [-0.2, 0) is 4.57 Å². The molecule has 126 valence electrons. The van der Waals surface area contributed by atoms with Crippen molar-refractivity contribution in [2.45, 2.75) is 13.3 Å². The van der Waals surface area contributed by atoms with Crippen LogP contribution < -0.4 is 10.4 Å². The molecule has 2 aromatic rings. The van der Waals surface area contributed by atoms with Crippen LogP contribution in [0.5, 0.6) is 0 Å². The van der Waals surface area contributed by atoms with Gasteiger partial charge in [0.1, 0.15) is 0 Å². The van der Waals surface area contributed by atoms with Crippen molar-refractivity contribution in [2.24, 2.45) is 0 Å². The zero-order chi connectivity index (χ0) is 17.6. The van der Waals surface area contributed by atoms with Crippen molar-refractivity contribution in [3.05, 3.63) is 70.8 Å². The van der Waals surface area contributed by atoms with Gasteiger partial charge >= 0.3 is 0 Å². The highest BCUT2D eigenvalue weighted by Gasteiger charge is 2.52. The van der Waals surface area contributed by atoms with Crippen LogP contribution in [0, 0.1) is 0 Å². The van der Waals surface area contributed by atoms with Gasteiger partial charge in [-0.2, -0.15) is 0 Å². The molecule has 3 heterocycles. The van der Waals surface area contributed by atoms with E-state index in [0.29, 0.717) is 28.3 Å². The lowest BCUT2D eigenvalue weighted by Crippen LogP contribution is -2.23. The minimum atomic E-state index is -3.01. The van der Waals surface area contributed by atoms with Gasteiger partial charge in [0.2, 0.25) is 7.29 Å². The van der Waals surface area contributed by atoms with Gasteiger partial charge in [-0.3, -0.25) is 19.2 Å². The van der Waals surface area contributed by atoms with Crippen LogP contribution in [0.3, 0.4) is 0 Å². The van der Waals surface area contributed by atoms with E-state index < -0.39 is 7.29 Å². The Morgan fingerprint density at radius 1 is 0.960 bits per heavy atom. The Bertz CT molecular complexity index is 959. The zero-order valence-electron chi connectivity index (χ0n) is 13.7. The van der Waals surface area contributed by atoms with Crippen molar-refractivity contribution >= 4 is 29.7 Å². The first kappa shape index (κ1) is 15.9. The molecular weight excluding hydrogens is 335 g/mol. The van der Waals surface area contributed by atoms with Crippen LogP contribution >= 0.6 is 7.29 Å². The molecule has 0 radical (unpaired) electrons. The van der Waals surface area contributed by atoms with Crippen molar-refractivity contribution in [3.63, 3.8) is 0 Å². The number of amides is 2. The number of hydrogen-bond acceptors (Lipinski definition) is 3. The molecule has 0 spiro atoms. The molecule has 0 aromatic heterocycles. The predicted octanol–water partition coefficient (Wildman–Crippen LogP) is 3.69. The van der Waals surface area contributed by atoms with Gasteiger partial charge in [-0.05, 0) is 41.8 Å². The molecule has 1 unspecified atom stereocenters. The van der Waals surface area contributed by atoms with E-state index in [9.17, 15) is 14.2 Å². The van der Waals surface area contributed by atoms with E-state index in [1.54, 1.807) is 36.4 Å². The summed E-state index contributed by atoms with van der Waals surface area (Å²) in [4.78, 5) is 24.2. The average molecular weight is 352 g/mol. The van der Waals surface area contributed by atoms with Gasteiger partial charge < -0.3 is 5.32 Å². The van der Waals surface area contributed by atoms with Gasteiger partial charge in [0, 0.05) is 17.7 Å². The van der Waals surface area contributed by atoms with Gasteiger partial charge in [0.25, 0.3) is 11.8 Å². The second kappa shape index (κ2) is 5.71. The first-order valence-electron chi connectivity index (χ1n) is 8.22. The summed E-state index contributed by atoms with van der Waals surface area (Å²) in [6.07, 6.45) is 0.877. The molecule has 0 fully saturated rings. The Labute approximate surface area is 145 Å². The molecule has 5 rings (SSSR count). The topological polar surface area (TPSA) is 75.3 Å². The van der Waals surface area contributed by atoms with Crippen LogP contribution in [0.1, 0.15) is 45.2 Å². The van der Waals surface area contributed by atoms with Crippen molar-refractivity contribution in [2.75, 3.05) is 6.54 Å². The Hall–Kier alpha value is -2.65. The second-order valence-corrected chi connectivity index (χ2v) is 8.49. The van der Waals surface area contributed by atoms with Crippen LogP contribution in [0.15, 0.2) is 48.5 Å². The molecule has 3 aliphatic rings. The molecule has 5 nitrogen and oxygen atoms in total. The molecule has 2 N–H and O–H groups in total. The number of carbonyl (C=O) groups excluding carboxylic acids is 2. The lowest BCUT2D eigenvalue weighted by Gasteiger charge is -2.11. The molecule has 0 aliphatic carbocycles. The predicted molar refractivity (Wildman–Crippen MR) is 97.4 cm³/mol. The quantitative estimate of drug-likeness (QED) is 0.824.